The zero-order valence-electron chi connectivity index (χ0n) is 11.6. The Morgan fingerprint density at radius 1 is 1.30 bits per heavy atom. The Morgan fingerprint density at radius 2 is 2.00 bits per heavy atom. The van der Waals surface area contributed by atoms with E-state index in [4.69, 9.17) is 10.7 Å². The van der Waals surface area contributed by atoms with Crippen molar-refractivity contribution in [1.82, 2.24) is 0 Å². The maximum atomic E-state index is 5.76. The molecule has 4 heteroatoms. The van der Waals surface area contributed by atoms with Crippen LogP contribution in [0, 0.1) is 0 Å². The Morgan fingerprint density at radius 3 is 2.65 bits per heavy atom. The Bertz CT molecular complexity index is 719. The molecular formula is C16H17N3S. The minimum atomic E-state index is 0.787. The first kappa shape index (κ1) is 13.1. The fraction of sp³-hybridized carbons (Fsp3) is 0.188. The Hall–Kier alpha value is -1.94. The van der Waals surface area contributed by atoms with Crippen LogP contribution in [0.5, 0.6) is 0 Å². The Labute approximate surface area is 123 Å². The average molecular weight is 283 g/mol. The minimum absolute atomic E-state index is 0.787. The summed E-state index contributed by atoms with van der Waals surface area (Å²) in [5.41, 5.74) is 9.00. The fourth-order valence-corrected chi connectivity index (χ4v) is 3.06. The van der Waals surface area contributed by atoms with E-state index in [0.29, 0.717) is 0 Å². The third-order valence-corrected chi connectivity index (χ3v) is 4.22. The molecule has 1 aliphatic rings. The van der Waals surface area contributed by atoms with Gasteiger partial charge in [-0.05, 0) is 36.1 Å². The first-order valence-corrected chi connectivity index (χ1v) is 7.76. The van der Waals surface area contributed by atoms with Crippen LogP contribution >= 0.6 is 11.8 Å². The molecule has 2 N–H and O–H groups in total. The lowest BCUT2D eigenvalue weighted by molar-refractivity contribution is 1.07. The van der Waals surface area contributed by atoms with Gasteiger partial charge in [0.1, 0.15) is 0 Å². The smallest absolute Gasteiger partial charge is 0.0911 e. The second kappa shape index (κ2) is 5.21. The van der Waals surface area contributed by atoms with Crippen LogP contribution in [-0.4, -0.2) is 18.5 Å². The van der Waals surface area contributed by atoms with Gasteiger partial charge in [-0.1, -0.05) is 24.3 Å². The van der Waals surface area contributed by atoms with Crippen molar-refractivity contribution in [2.45, 2.75) is 6.92 Å². The van der Waals surface area contributed by atoms with Crippen LogP contribution < -0.4 is 10.6 Å². The maximum absolute atomic E-state index is 5.76. The van der Waals surface area contributed by atoms with Crippen LogP contribution in [0.4, 0.5) is 11.4 Å². The zero-order valence-corrected chi connectivity index (χ0v) is 12.4. The standard InChI is InChI=1S/C16H17N3S/c1-11-10-19(16(9-17)20-2)15-8-13-6-4-3-5-12(13)7-14(15)18-11/h3-9H,10,17H2,1-2H3/b16-9+. The van der Waals surface area contributed by atoms with Gasteiger partial charge in [-0.25, -0.2) is 0 Å². The van der Waals surface area contributed by atoms with Gasteiger partial charge in [-0.15, -0.1) is 11.8 Å². The third-order valence-electron chi connectivity index (χ3n) is 3.45. The number of nitrogens with zero attached hydrogens (tertiary/aromatic N) is 2. The number of hydrogen-bond donors (Lipinski definition) is 1. The van der Waals surface area contributed by atoms with Gasteiger partial charge in [0.15, 0.2) is 0 Å². The van der Waals surface area contributed by atoms with Gasteiger partial charge < -0.3 is 10.6 Å². The molecule has 2 aromatic rings. The van der Waals surface area contributed by atoms with Crippen LogP contribution in [0.25, 0.3) is 10.8 Å². The van der Waals surface area contributed by atoms with E-state index in [1.165, 1.54) is 10.8 Å². The number of anilines is 1. The molecule has 0 amide bonds. The number of hydrogen-bond acceptors (Lipinski definition) is 4. The number of benzene rings is 2. The van der Waals surface area contributed by atoms with Crippen molar-refractivity contribution in [3.63, 3.8) is 0 Å². The van der Waals surface area contributed by atoms with E-state index in [-0.39, 0.29) is 0 Å². The summed E-state index contributed by atoms with van der Waals surface area (Å²) in [6, 6.07) is 12.7. The van der Waals surface area contributed by atoms with E-state index in [0.717, 1.165) is 28.7 Å². The summed E-state index contributed by atoms with van der Waals surface area (Å²) < 4.78 is 0. The Kier molecular flexibility index (Phi) is 3.40. The van der Waals surface area contributed by atoms with E-state index >= 15 is 0 Å². The summed E-state index contributed by atoms with van der Waals surface area (Å²) in [5.74, 6) is 0. The van der Waals surface area contributed by atoms with Gasteiger partial charge in [0.25, 0.3) is 0 Å². The highest BCUT2D eigenvalue weighted by Gasteiger charge is 2.20. The molecule has 2 aromatic carbocycles. The minimum Gasteiger partial charge on any atom is -0.402 e. The van der Waals surface area contributed by atoms with Crippen LogP contribution in [-0.2, 0) is 0 Å². The van der Waals surface area contributed by atoms with Gasteiger partial charge in [0.2, 0.25) is 0 Å². The SMILES string of the molecule is CS/C(=C/N)N1CC(C)=Nc2cc3ccccc3cc21. The van der Waals surface area contributed by atoms with Crippen LogP contribution in [0.1, 0.15) is 6.92 Å². The molecular weight excluding hydrogens is 266 g/mol. The molecule has 0 radical (unpaired) electrons. The lowest BCUT2D eigenvalue weighted by Crippen LogP contribution is -2.29. The largest absolute Gasteiger partial charge is 0.402 e. The summed E-state index contributed by atoms with van der Waals surface area (Å²) in [7, 11) is 0. The van der Waals surface area contributed by atoms with E-state index in [2.05, 4.69) is 48.2 Å². The molecule has 1 aliphatic heterocycles. The summed E-state index contributed by atoms with van der Waals surface area (Å²) in [4.78, 5) is 6.93. The quantitative estimate of drug-likeness (QED) is 0.909. The van der Waals surface area contributed by atoms with Crippen molar-refractivity contribution < 1.29 is 0 Å². The van der Waals surface area contributed by atoms with Crippen molar-refractivity contribution in [2.75, 3.05) is 17.7 Å². The van der Waals surface area contributed by atoms with Crippen molar-refractivity contribution in [1.29, 1.82) is 0 Å². The molecule has 0 saturated carbocycles. The van der Waals surface area contributed by atoms with Crippen LogP contribution in [0.2, 0.25) is 0 Å². The normalized spacial score (nSPS) is 15.2. The van der Waals surface area contributed by atoms with Gasteiger partial charge in [0, 0.05) is 11.9 Å². The second-order valence-corrected chi connectivity index (χ2v) is 5.66. The number of aliphatic imine (C=N–C) groups is 1. The molecule has 0 spiro atoms. The maximum Gasteiger partial charge on any atom is 0.0911 e. The van der Waals surface area contributed by atoms with Gasteiger partial charge >= 0.3 is 0 Å². The van der Waals surface area contributed by atoms with Crippen molar-refractivity contribution in [3.05, 3.63) is 47.6 Å². The third kappa shape index (κ3) is 2.16. The zero-order chi connectivity index (χ0) is 14.1. The topological polar surface area (TPSA) is 41.6 Å². The van der Waals surface area contributed by atoms with Gasteiger partial charge in [0.05, 0.1) is 22.9 Å². The van der Waals surface area contributed by atoms with Gasteiger partial charge in [-0.2, -0.15) is 0 Å². The molecule has 1 heterocycles. The fourth-order valence-electron chi connectivity index (χ4n) is 2.54. The molecule has 102 valence electrons. The predicted molar refractivity (Wildman–Crippen MR) is 89.8 cm³/mol. The van der Waals surface area contributed by atoms with Crippen LogP contribution in [0.15, 0.2) is 52.6 Å². The molecule has 3 rings (SSSR count). The lowest BCUT2D eigenvalue weighted by Gasteiger charge is -2.30. The highest BCUT2D eigenvalue weighted by molar-refractivity contribution is 8.02. The molecule has 0 aromatic heterocycles. The lowest BCUT2D eigenvalue weighted by atomic mass is 10.1. The van der Waals surface area contributed by atoms with E-state index in [9.17, 15) is 0 Å². The van der Waals surface area contributed by atoms with E-state index in [1.54, 1.807) is 18.0 Å². The van der Waals surface area contributed by atoms with Gasteiger partial charge in [-0.3, -0.25) is 4.99 Å². The van der Waals surface area contributed by atoms with Crippen molar-refractivity contribution >= 4 is 39.6 Å². The first-order chi connectivity index (χ1) is 9.72. The number of rotatable bonds is 2. The molecule has 0 atom stereocenters. The summed E-state index contributed by atoms with van der Waals surface area (Å²) in [5, 5.41) is 3.49. The molecule has 0 aliphatic carbocycles. The monoisotopic (exact) mass is 283 g/mol. The van der Waals surface area contributed by atoms with Crippen molar-refractivity contribution in [3.8, 4) is 0 Å². The molecule has 20 heavy (non-hydrogen) atoms. The molecule has 3 nitrogen and oxygen atoms in total. The summed E-state index contributed by atoms with van der Waals surface area (Å²) >= 11 is 1.65. The molecule has 0 bridgehead atoms. The van der Waals surface area contributed by atoms with Crippen molar-refractivity contribution in [2.24, 2.45) is 10.7 Å². The number of fused-ring (bicyclic) bond motifs is 2. The highest BCUT2D eigenvalue weighted by atomic mass is 32.2. The van der Waals surface area contributed by atoms with E-state index in [1.807, 2.05) is 6.26 Å². The average Bonchev–Trinajstić information content (AvgIpc) is 2.46. The summed E-state index contributed by atoms with van der Waals surface area (Å²) in [6.45, 7) is 2.84. The summed E-state index contributed by atoms with van der Waals surface area (Å²) in [6.07, 6.45) is 3.71. The second-order valence-electron chi connectivity index (χ2n) is 4.83. The first-order valence-electron chi connectivity index (χ1n) is 6.53. The number of thioether (sulfide) groups is 1. The predicted octanol–water partition coefficient (Wildman–Crippen LogP) is 3.87. The van der Waals surface area contributed by atoms with Crippen LogP contribution in [0.3, 0.4) is 0 Å². The highest BCUT2D eigenvalue weighted by Crippen LogP contribution is 2.39. The van der Waals surface area contributed by atoms with E-state index < -0.39 is 0 Å². The molecule has 0 fully saturated rings. The molecule has 0 saturated heterocycles. The Balaban J connectivity index is 2.22. The molecule has 0 unspecified atom stereocenters. The number of nitrogens with two attached hydrogens (primary N) is 1.